The van der Waals surface area contributed by atoms with E-state index in [1.165, 1.54) is 6.20 Å². The van der Waals surface area contributed by atoms with Crippen LogP contribution in [0, 0.1) is 3.57 Å². The highest BCUT2D eigenvalue weighted by molar-refractivity contribution is 14.1. The van der Waals surface area contributed by atoms with Crippen molar-refractivity contribution >= 4 is 44.6 Å². The fourth-order valence-corrected chi connectivity index (χ4v) is 1.82. The van der Waals surface area contributed by atoms with Crippen LogP contribution in [-0.2, 0) is 0 Å². The van der Waals surface area contributed by atoms with Crippen LogP contribution in [0.5, 0.6) is 5.75 Å². The van der Waals surface area contributed by atoms with Gasteiger partial charge in [-0.15, -0.1) is 0 Å². The van der Waals surface area contributed by atoms with E-state index < -0.39 is 0 Å². The Kier molecular flexibility index (Phi) is 5.47. The van der Waals surface area contributed by atoms with Crippen LogP contribution < -0.4 is 4.74 Å². The highest BCUT2D eigenvalue weighted by Gasteiger charge is 2.14. The number of carbonyl (C=O) groups excluding carboxylic acids is 1. The van der Waals surface area contributed by atoms with Crippen molar-refractivity contribution in [2.45, 2.75) is 13.8 Å². The van der Waals surface area contributed by atoms with Crippen molar-refractivity contribution in [3.63, 3.8) is 0 Å². The van der Waals surface area contributed by atoms with E-state index in [0.717, 1.165) is 8.04 Å². The van der Waals surface area contributed by atoms with E-state index in [2.05, 4.69) is 43.5 Å². The maximum atomic E-state index is 11.7. The zero-order valence-corrected chi connectivity index (χ0v) is 12.8. The number of hydrogen-bond donors (Lipinski definition) is 0. The molecular weight excluding hydrogens is 387 g/mol. The van der Waals surface area contributed by atoms with Gasteiger partial charge in [0.2, 0.25) is 0 Å². The first kappa shape index (κ1) is 13.7. The predicted octanol–water partition coefficient (Wildman–Crippen LogP) is 3.29. The van der Waals surface area contributed by atoms with Gasteiger partial charge < -0.3 is 9.64 Å². The van der Waals surface area contributed by atoms with E-state index in [-0.39, 0.29) is 6.09 Å². The third-order valence-electron chi connectivity index (χ3n) is 2.02. The van der Waals surface area contributed by atoms with Gasteiger partial charge in [0.25, 0.3) is 0 Å². The van der Waals surface area contributed by atoms with Gasteiger partial charge in [-0.3, -0.25) is 4.98 Å². The highest BCUT2D eigenvalue weighted by Crippen LogP contribution is 2.27. The molecule has 1 rings (SSSR count). The van der Waals surface area contributed by atoms with Gasteiger partial charge in [-0.2, -0.15) is 0 Å². The van der Waals surface area contributed by atoms with Gasteiger partial charge in [0.1, 0.15) is 0 Å². The Labute approximate surface area is 117 Å². The molecule has 1 aromatic rings. The van der Waals surface area contributed by atoms with Gasteiger partial charge in [-0.05, 0) is 52.4 Å². The van der Waals surface area contributed by atoms with Crippen LogP contribution in [0.4, 0.5) is 4.79 Å². The number of halogens is 2. The average Bonchev–Trinajstić information content (AvgIpc) is 2.26. The molecule has 4 nitrogen and oxygen atoms in total. The van der Waals surface area contributed by atoms with Crippen LogP contribution in [0.25, 0.3) is 0 Å². The first-order valence-electron chi connectivity index (χ1n) is 4.85. The SMILES string of the molecule is CCN(CC)C(=O)Oc1cncc(Br)c1I. The van der Waals surface area contributed by atoms with E-state index in [4.69, 9.17) is 4.74 Å². The number of aromatic nitrogens is 1. The van der Waals surface area contributed by atoms with Crippen molar-refractivity contribution in [3.05, 3.63) is 20.4 Å². The summed E-state index contributed by atoms with van der Waals surface area (Å²) in [5.41, 5.74) is 0. The quantitative estimate of drug-likeness (QED) is 0.733. The van der Waals surface area contributed by atoms with E-state index >= 15 is 0 Å². The summed E-state index contributed by atoms with van der Waals surface area (Å²) < 4.78 is 6.92. The molecule has 0 spiro atoms. The molecule has 0 radical (unpaired) electrons. The van der Waals surface area contributed by atoms with Crippen LogP contribution >= 0.6 is 38.5 Å². The van der Waals surface area contributed by atoms with Crippen molar-refractivity contribution < 1.29 is 9.53 Å². The van der Waals surface area contributed by atoms with Crippen molar-refractivity contribution in [3.8, 4) is 5.75 Å². The second-order valence-corrected chi connectivity index (χ2v) is 4.91. The second kappa shape index (κ2) is 6.39. The number of nitrogens with zero attached hydrogens (tertiary/aromatic N) is 2. The lowest BCUT2D eigenvalue weighted by Gasteiger charge is -2.18. The third-order valence-corrected chi connectivity index (χ3v) is 4.48. The first-order valence-corrected chi connectivity index (χ1v) is 6.73. The Morgan fingerprint density at radius 1 is 1.50 bits per heavy atom. The standard InChI is InChI=1S/C10H12BrIN2O2/c1-3-14(4-2)10(15)16-8-6-13-5-7(11)9(8)12/h5-6H,3-4H2,1-2H3. The zero-order chi connectivity index (χ0) is 12.1. The smallest absolute Gasteiger partial charge is 0.407 e. The molecule has 6 heteroatoms. The fourth-order valence-electron chi connectivity index (χ4n) is 1.11. The zero-order valence-electron chi connectivity index (χ0n) is 9.04. The predicted molar refractivity (Wildman–Crippen MR) is 73.6 cm³/mol. The lowest BCUT2D eigenvalue weighted by Crippen LogP contribution is -2.33. The minimum absolute atomic E-state index is 0.345. The van der Waals surface area contributed by atoms with E-state index in [0.29, 0.717) is 18.8 Å². The topological polar surface area (TPSA) is 42.4 Å². The Morgan fingerprint density at radius 3 is 2.69 bits per heavy atom. The summed E-state index contributed by atoms with van der Waals surface area (Å²) >= 11 is 5.44. The summed E-state index contributed by atoms with van der Waals surface area (Å²) in [6.45, 7) is 5.09. The van der Waals surface area contributed by atoms with Gasteiger partial charge in [0.05, 0.1) is 14.2 Å². The van der Waals surface area contributed by atoms with Crippen molar-refractivity contribution in [2.75, 3.05) is 13.1 Å². The van der Waals surface area contributed by atoms with Gasteiger partial charge >= 0.3 is 6.09 Å². The Bertz CT molecular complexity index is 383. The van der Waals surface area contributed by atoms with Crippen molar-refractivity contribution in [1.29, 1.82) is 0 Å². The summed E-state index contributed by atoms with van der Waals surface area (Å²) in [6.07, 6.45) is 2.85. The normalized spacial score (nSPS) is 10.0. The molecule has 0 saturated heterocycles. The number of carbonyl (C=O) groups is 1. The largest absolute Gasteiger partial charge is 0.415 e. The Hall–Kier alpha value is -0.370. The molecule has 0 bridgehead atoms. The minimum Gasteiger partial charge on any atom is -0.407 e. The number of pyridine rings is 1. The van der Waals surface area contributed by atoms with Gasteiger partial charge in [-0.25, -0.2) is 4.79 Å². The van der Waals surface area contributed by atoms with E-state index in [9.17, 15) is 4.79 Å². The van der Waals surface area contributed by atoms with Gasteiger partial charge in [0, 0.05) is 19.3 Å². The molecule has 1 aromatic heterocycles. The molecule has 88 valence electrons. The van der Waals surface area contributed by atoms with Crippen LogP contribution in [0.15, 0.2) is 16.9 Å². The summed E-state index contributed by atoms with van der Waals surface area (Å²) in [7, 11) is 0. The molecule has 1 amide bonds. The summed E-state index contributed by atoms with van der Waals surface area (Å²) in [6, 6.07) is 0. The molecule has 0 saturated carbocycles. The van der Waals surface area contributed by atoms with E-state index in [1.54, 1.807) is 11.1 Å². The molecule has 1 heterocycles. The van der Waals surface area contributed by atoms with Gasteiger partial charge in [-0.1, -0.05) is 0 Å². The molecule has 0 aliphatic heterocycles. The van der Waals surface area contributed by atoms with Crippen LogP contribution in [-0.4, -0.2) is 29.1 Å². The maximum absolute atomic E-state index is 11.7. The second-order valence-electron chi connectivity index (χ2n) is 2.97. The molecular formula is C10H12BrIN2O2. The third kappa shape index (κ3) is 3.31. The first-order chi connectivity index (χ1) is 7.60. The number of rotatable bonds is 3. The number of ether oxygens (including phenoxy) is 1. The summed E-state index contributed by atoms with van der Waals surface area (Å²) in [5, 5.41) is 0. The molecule has 0 N–H and O–H groups in total. The lowest BCUT2D eigenvalue weighted by molar-refractivity contribution is 0.156. The van der Waals surface area contributed by atoms with Crippen LogP contribution in [0.2, 0.25) is 0 Å². The molecule has 0 atom stereocenters. The molecule has 16 heavy (non-hydrogen) atoms. The number of amides is 1. The molecule has 0 aromatic carbocycles. The lowest BCUT2D eigenvalue weighted by atomic mass is 10.5. The van der Waals surface area contributed by atoms with Crippen LogP contribution in [0.1, 0.15) is 13.8 Å². The monoisotopic (exact) mass is 398 g/mol. The highest BCUT2D eigenvalue weighted by atomic mass is 127. The average molecular weight is 399 g/mol. The summed E-state index contributed by atoms with van der Waals surface area (Å²) in [5.74, 6) is 0.479. The molecule has 0 aliphatic rings. The molecule has 0 unspecified atom stereocenters. The molecule has 0 aliphatic carbocycles. The Balaban J connectivity index is 2.80. The fraction of sp³-hybridized carbons (Fsp3) is 0.400. The maximum Gasteiger partial charge on any atom is 0.415 e. The minimum atomic E-state index is -0.345. The van der Waals surface area contributed by atoms with Crippen LogP contribution in [0.3, 0.4) is 0 Å². The Morgan fingerprint density at radius 2 is 2.12 bits per heavy atom. The number of hydrogen-bond acceptors (Lipinski definition) is 3. The molecule has 0 fully saturated rings. The van der Waals surface area contributed by atoms with E-state index in [1.807, 2.05) is 13.8 Å². The van der Waals surface area contributed by atoms with Crippen molar-refractivity contribution in [2.24, 2.45) is 0 Å². The summed E-state index contributed by atoms with van der Waals surface area (Å²) in [4.78, 5) is 17.3. The van der Waals surface area contributed by atoms with Crippen molar-refractivity contribution in [1.82, 2.24) is 9.88 Å². The van der Waals surface area contributed by atoms with Gasteiger partial charge in [0.15, 0.2) is 5.75 Å².